The predicted octanol–water partition coefficient (Wildman–Crippen LogP) is 4.63. The van der Waals surface area contributed by atoms with Gasteiger partial charge in [-0.1, -0.05) is 18.2 Å². The summed E-state index contributed by atoms with van der Waals surface area (Å²) in [4.78, 5) is 0. The van der Waals surface area contributed by atoms with E-state index < -0.39 is 0 Å². The van der Waals surface area contributed by atoms with E-state index in [9.17, 15) is 0 Å². The molecule has 1 aliphatic rings. The Morgan fingerprint density at radius 2 is 1.71 bits per heavy atom. The molecule has 0 spiro atoms. The molecule has 3 rings (SSSR count). The van der Waals surface area contributed by atoms with E-state index >= 15 is 0 Å². The fourth-order valence-corrected chi connectivity index (χ4v) is 3.16. The highest BCUT2D eigenvalue weighted by atomic mass is 127. The molecule has 1 heterocycles. The second-order valence-electron chi connectivity index (χ2n) is 5.56. The number of ether oxygens (including phenoxy) is 1. The summed E-state index contributed by atoms with van der Waals surface area (Å²) < 4.78 is 7.31. The zero-order valence-corrected chi connectivity index (χ0v) is 14.2. The molecule has 1 aliphatic heterocycles. The van der Waals surface area contributed by atoms with Crippen LogP contribution in [0.4, 0.5) is 0 Å². The summed E-state index contributed by atoms with van der Waals surface area (Å²) in [5, 5.41) is 3.43. The quantitative estimate of drug-likeness (QED) is 0.766. The monoisotopic (exact) mass is 393 g/mol. The fourth-order valence-electron chi connectivity index (χ4n) is 2.80. The molecule has 2 nitrogen and oxygen atoms in total. The van der Waals surface area contributed by atoms with Gasteiger partial charge in [0.1, 0.15) is 11.5 Å². The van der Waals surface area contributed by atoms with Gasteiger partial charge < -0.3 is 10.1 Å². The summed E-state index contributed by atoms with van der Waals surface area (Å²) in [5.41, 5.74) is 1.32. The lowest BCUT2D eigenvalue weighted by atomic mass is 9.90. The second-order valence-corrected chi connectivity index (χ2v) is 6.81. The van der Waals surface area contributed by atoms with Crippen molar-refractivity contribution < 1.29 is 4.74 Å². The van der Waals surface area contributed by atoms with Gasteiger partial charge in [0.15, 0.2) is 0 Å². The van der Waals surface area contributed by atoms with Crippen molar-refractivity contribution in [1.29, 1.82) is 0 Å². The average molecular weight is 393 g/mol. The maximum Gasteiger partial charge on any atom is 0.130 e. The van der Waals surface area contributed by atoms with E-state index in [-0.39, 0.29) is 0 Å². The van der Waals surface area contributed by atoms with Crippen molar-refractivity contribution in [2.45, 2.75) is 19.3 Å². The molecule has 1 N–H and O–H groups in total. The van der Waals surface area contributed by atoms with Crippen molar-refractivity contribution in [3.8, 4) is 11.5 Å². The van der Waals surface area contributed by atoms with E-state index in [0.29, 0.717) is 0 Å². The molecule has 0 unspecified atom stereocenters. The molecule has 0 aromatic heterocycles. The molecule has 0 aliphatic carbocycles. The Hall–Kier alpha value is -1.07. The van der Waals surface area contributed by atoms with Crippen LogP contribution in [0.25, 0.3) is 0 Å². The van der Waals surface area contributed by atoms with Gasteiger partial charge in [-0.3, -0.25) is 0 Å². The standard InChI is InChI=1S/C18H20INO/c19-16-5-7-17(8-6-16)21-18-4-2-1-3-15(18)13-14-9-11-20-12-10-14/h1-8,14,20H,9-13H2. The summed E-state index contributed by atoms with van der Waals surface area (Å²) in [7, 11) is 0. The van der Waals surface area contributed by atoms with Crippen LogP contribution in [0.1, 0.15) is 18.4 Å². The molecule has 110 valence electrons. The van der Waals surface area contributed by atoms with Gasteiger partial charge in [-0.15, -0.1) is 0 Å². The molecule has 0 radical (unpaired) electrons. The number of halogens is 1. The minimum absolute atomic E-state index is 0.771. The summed E-state index contributed by atoms with van der Waals surface area (Å²) in [6.07, 6.45) is 3.64. The molecule has 0 saturated carbocycles. The van der Waals surface area contributed by atoms with Crippen LogP contribution >= 0.6 is 22.6 Å². The van der Waals surface area contributed by atoms with Gasteiger partial charge in [0.2, 0.25) is 0 Å². The molecule has 0 bridgehead atoms. The van der Waals surface area contributed by atoms with Crippen molar-refractivity contribution in [2.24, 2.45) is 5.92 Å². The number of nitrogens with one attached hydrogen (secondary N) is 1. The predicted molar refractivity (Wildman–Crippen MR) is 95.0 cm³/mol. The lowest BCUT2D eigenvalue weighted by molar-refractivity contribution is 0.367. The van der Waals surface area contributed by atoms with Crippen LogP contribution in [0, 0.1) is 9.49 Å². The highest BCUT2D eigenvalue weighted by molar-refractivity contribution is 14.1. The Morgan fingerprint density at radius 1 is 1.00 bits per heavy atom. The zero-order valence-electron chi connectivity index (χ0n) is 12.0. The first-order valence-electron chi connectivity index (χ1n) is 7.53. The van der Waals surface area contributed by atoms with Crippen molar-refractivity contribution in [1.82, 2.24) is 5.32 Å². The molecular formula is C18H20INO. The van der Waals surface area contributed by atoms with Crippen LogP contribution in [0.3, 0.4) is 0 Å². The zero-order chi connectivity index (χ0) is 14.5. The van der Waals surface area contributed by atoms with Crippen molar-refractivity contribution >= 4 is 22.6 Å². The average Bonchev–Trinajstić information content (AvgIpc) is 2.52. The molecule has 0 atom stereocenters. The fraction of sp³-hybridized carbons (Fsp3) is 0.333. The van der Waals surface area contributed by atoms with Gasteiger partial charge in [-0.25, -0.2) is 0 Å². The van der Waals surface area contributed by atoms with E-state index in [4.69, 9.17) is 4.74 Å². The SMILES string of the molecule is Ic1ccc(Oc2ccccc2CC2CCNCC2)cc1. The number of hydrogen-bond donors (Lipinski definition) is 1. The summed E-state index contributed by atoms with van der Waals surface area (Å²) in [6.45, 7) is 2.29. The normalized spacial score (nSPS) is 15.9. The molecule has 2 aromatic rings. The van der Waals surface area contributed by atoms with Crippen LogP contribution < -0.4 is 10.1 Å². The molecule has 1 saturated heterocycles. The number of piperidine rings is 1. The van der Waals surface area contributed by atoms with Gasteiger partial charge >= 0.3 is 0 Å². The smallest absolute Gasteiger partial charge is 0.130 e. The Kier molecular flexibility index (Phi) is 5.14. The Balaban J connectivity index is 1.73. The molecule has 21 heavy (non-hydrogen) atoms. The molecule has 1 fully saturated rings. The maximum absolute atomic E-state index is 6.09. The van der Waals surface area contributed by atoms with Crippen molar-refractivity contribution in [3.63, 3.8) is 0 Å². The third kappa shape index (κ3) is 4.20. The Labute approximate surface area is 140 Å². The topological polar surface area (TPSA) is 21.3 Å². The summed E-state index contributed by atoms with van der Waals surface area (Å²) >= 11 is 2.31. The molecule has 2 aromatic carbocycles. The van der Waals surface area contributed by atoms with E-state index in [1.54, 1.807) is 0 Å². The molecule has 0 amide bonds. The first kappa shape index (κ1) is 14.9. The maximum atomic E-state index is 6.09. The molecular weight excluding hydrogens is 373 g/mol. The van der Waals surface area contributed by atoms with Gasteiger partial charge in [0.25, 0.3) is 0 Å². The number of benzene rings is 2. The first-order chi connectivity index (χ1) is 10.3. The number of para-hydroxylation sites is 1. The summed E-state index contributed by atoms with van der Waals surface area (Å²) in [6, 6.07) is 16.6. The van der Waals surface area contributed by atoms with Crippen LogP contribution in [-0.4, -0.2) is 13.1 Å². The van der Waals surface area contributed by atoms with E-state index in [0.717, 1.165) is 36.9 Å². The third-order valence-corrected chi connectivity index (χ3v) is 4.70. The number of rotatable bonds is 4. The van der Waals surface area contributed by atoms with E-state index in [1.165, 1.54) is 22.0 Å². The van der Waals surface area contributed by atoms with Crippen LogP contribution in [0.2, 0.25) is 0 Å². The van der Waals surface area contributed by atoms with Crippen LogP contribution in [0.5, 0.6) is 11.5 Å². The van der Waals surface area contributed by atoms with Gasteiger partial charge in [-0.2, -0.15) is 0 Å². The van der Waals surface area contributed by atoms with Gasteiger partial charge in [0.05, 0.1) is 0 Å². The highest BCUT2D eigenvalue weighted by Gasteiger charge is 2.15. The van der Waals surface area contributed by atoms with Gasteiger partial charge in [0, 0.05) is 3.57 Å². The lowest BCUT2D eigenvalue weighted by Crippen LogP contribution is -2.28. The highest BCUT2D eigenvalue weighted by Crippen LogP contribution is 2.29. The van der Waals surface area contributed by atoms with E-state index in [2.05, 4.69) is 58.2 Å². The van der Waals surface area contributed by atoms with Gasteiger partial charge in [-0.05, 0) is 96.8 Å². The molecule has 3 heteroatoms. The Bertz CT molecular complexity index is 576. The summed E-state index contributed by atoms with van der Waals surface area (Å²) in [5.74, 6) is 2.68. The lowest BCUT2D eigenvalue weighted by Gasteiger charge is -2.23. The Morgan fingerprint density at radius 3 is 2.48 bits per heavy atom. The van der Waals surface area contributed by atoms with E-state index in [1.807, 2.05) is 18.2 Å². The van der Waals surface area contributed by atoms with Crippen LogP contribution in [0.15, 0.2) is 48.5 Å². The third-order valence-electron chi connectivity index (χ3n) is 3.98. The second kappa shape index (κ2) is 7.27. The van der Waals surface area contributed by atoms with Crippen molar-refractivity contribution in [3.05, 3.63) is 57.7 Å². The largest absolute Gasteiger partial charge is 0.457 e. The minimum atomic E-state index is 0.771. The van der Waals surface area contributed by atoms with Crippen LogP contribution in [-0.2, 0) is 6.42 Å². The first-order valence-corrected chi connectivity index (χ1v) is 8.61. The van der Waals surface area contributed by atoms with Crippen molar-refractivity contribution in [2.75, 3.05) is 13.1 Å². The number of hydrogen-bond acceptors (Lipinski definition) is 2. The minimum Gasteiger partial charge on any atom is -0.457 e.